The summed E-state index contributed by atoms with van der Waals surface area (Å²) in [7, 11) is 0. The third kappa shape index (κ3) is 3.54. The molecule has 0 saturated heterocycles. The van der Waals surface area contributed by atoms with Crippen LogP contribution in [0.15, 0.2) is 11.8 Å². The molecule has 0 aromatic heterocycles. The average molecular weight is 141 g/mol. The third-order valence-corrected chi connectivity index (χ3v) is 1.77. The van der Waals surface area contributed by atoms with Crippen LogP contribution in [0.4, 0.5) is 0 Å². The van der Waals surface area contributed by atoms with Gasteiger partial charge in [0, 0.05) is 13.1 Å². The predicted octanol–water partition coefficient (Wildman–Crippen LogP) is 2.64. The molecule has 60 valence electrons. The first kappa shape index (κ1) is 9.54. The first-order chi connectivity index (χ1) is 4.74. The van der Waals surface area contributed by atoms with Crippen molar-refractivity contribution >= 4 is 0 Å². The van der Waals surface area contributed by atoms with Crippen LogP contribution in [0, 0.1) is 0 Å². The van der Waals surface area contributed by atoms with E-state index in [9.17, 15) is 0 Å². The van der Waals surface area contributed by atoms with Crippen LogP contribution in [0.25, 0.3) is 0 Å². The lowest BCUT2D eigenvalue weighted by molar-refractivity contribution is 0.414. The van der Waals surface area contributed by atoms with Crippen molar-refractivity contribution < 1.29 is 0 Å². The van der Waals surface area contributed by atoms with Crippen LogP contribution in [-0.4, -0.2) is 18.0 Å². The Morgan fingerprint density at radius 3 is 2.00 bits per heavy atom. The molecule has 0 N–H and O–H groups in total. The monoisotopic (exact) mass is 141 g/mol. The van der Waals surface area contributed by atoms with E-state index in [1.165, 1.54) is 5.57 Å². The summed E-state index contributed by atoms with van der Waals surface area (Å²) in [5.74, 6) is 0. The van der Waals surface area contributed by atoms with Crippen molar-refractivity contribution in [3.05, 3.63) is 11.8 Å². The van der Waals surface area contributed by atoms with Crippen LogP contribution in [0.5, 0.6) is 0 Å². The molecule has 0 unspecified atom stereocenters. The van der Waals surface area contributed by atoms with E-state index < -0.39 is 0 Å². The second kappa shape index (κ2) is 5.33. The number of nitrogens with zero attached hydrogens (tertiary/aromatic N) is 1. The molecule has 0 aliphatic carbocycles. The van der Waals surface area contributed by atoms with Gasteiger partial charge < -0.3 is 4.90 Å². The van der Waals surface area contributed by atoms with Crippen LogP contribution in [0.3, 0.4) is 0 Å². The van der Waals surface area contributed by atoms with Crippen molar-refractivity contribution in [3.8, 4) is 0 Å². The van der Waals surface area contributed by atoms with E-state index in [2.05, 4.69) is 38.8 Å². The lowest BCUT2D eigenvalue weighted by atomic mass is 10.2. The van der Waals surface area contributed by atoms with Crippen LogP contribution in [0.1, 0.15) is 34.1 Å². The number of allylic oxidation sites excluding steroid dienone is 1. The number of hydrogen-bond acceptors (Lipinski definition) is 1. The van der Waals surface area contributed by atoms with Gasteiger partial charge in [0.15, 0.2) is 0 Å². The lowest BCUT2D eigenvalue weighted by Gasteiger charge is -2.16. The number of rotatable bonds is 4. The molecular weight excluding hydrogens is 122 g/mol. The number of hydrogen-bond donors (Lipinski definition) is 0. The summed E-state index contributed by atoms with van der Waals surface area (Å²) in [4.78, 5) is 2.32. The highest BCUT2D eigenvalue weighted by molar-refractivity contribution is 4.95. The zero-order valence-corrected chi connectivity index (χ0v) is 7.65. The van der Waals surface area contributed by atoms with Gasteiger partial charge >= 0.3 is 0 Å². The molecule has 0 heterocycles. The van der Waals surface area contributed by atoms with Crippen molar-refractivity contribution in [3.63, 3.8) is 0 Å². The summed E-state index contributed by atoms with van der Waals surface area (Å²) in [6.45, 7) is 11.0. The smallest absolute Gasteiger partial charge is 0.0143 e. The van der Waals surface area contributed by atoms with Gasteiger partial charge in [-0.2, -0.15) is 0 Å². The van der Waals surface area contributed by atoms with E-state index in [-0.39, 0.29) is 0 Å². The summed E-state index contributed by atoms with van der Waals surface area (Å²) in [6, 6.07) is 0. The Hall–Kier alpha value is -0.460. The maximum atomic E-state index is 2.32. The molecule has 0 aliphatic heterocycles. The van der Waals surface area contributed by atoms with Gasteiger partial charge in [0.2, 0.25) is 0 Å². The molecule has 0 radical (unpaired) electrons. The molecule has 1 nitrogen and oxygen atoms in total. The van der Waals surface area contributed by atoms with Gasteiger partial charge in [-0.1, -0.05) is 12.5 Å². The van der Waals surface area contributed by atoms with Gasteiger partial charge in [-0.15, -0.1) is 0 Å². The molecule has 0 aliphatic rings. The first-order valence-corrected chi connectivity index (χ1v) is 4.15. The lowest BCUT2D eigenvalue weighted by Crippen LogP contribution is -2.15. The molecule has 0 bridgehead atoms. The van der Waals surface area contributed by atoms with Crippen molar-refractivity contribution in [1.29, 1.82) is 0 Å². The Kier molecular flexibility index (Phi) is 5.09. The average Bonchev–Trinajstić information content (AvgIpc) is 1.99. The fourth-order valence-corrected chi connectivity index (χ4v) is 0.809. The van der Waals surface area contributed by atoms with Crippen molar-refractivity contribution in [1.82, 2.24) is 4.90 Å². The van der Waals surface area contributed by atoms with E-state index in [1.807, 2.05) is 0 Å². The Balaban J connectivity index is 3.80. The van der Waals surface area contributed by atoms with E-state index >= 15 is 0 Å². The van der Waals surface area contributed by atoms with Gasteiger partial charge in [-0.3, -0.25) is 0 Å². The Morgan fingerprint density at radius 1 is 1.20 bits per heavy atom. The quantitative estimate of drug-likeness (QED) is 0.581. The van der Waals surface area contributed by atoms with Crippen molar-refractivity contribution in [2.75, 3.05) is 13.1 Å². The maximum absolute atomic E-state index is 2.32. The summed E-state index contributed by atoms with van der Waals surface area (Å²) >= 11 is 0. The molecule has 0 atom stereocenters. The molecule has 0 amide bonds. The molecule has 1 heteroatoms. The van der Waals surface area contributed by atoms with Crippen LogP contribution in [0.2, 0.25) is 0 Å². The van der Waals surface area contributed by atoms with Crippen molar-refractivity contribution in [2.24, 2.45) is 0 Å². The fraction of sp³-hybridized carbons (Fsp3) is 0.778. The Labute approximate surface area is 64.7 Å². The predicted molar refractivity (Wildman–Crippen MR) is 47.0 cm³/mol. The van der Waals surface area contributed by atoms with Gasteiger partial charge in [-0.05, 0) is 33.4 Å². The van der Waals surface area contributed by atoms with Crippen LogP contribution in [-0.2, 0) is 0 Å². The topological polar surface area (TPSA) is 3.24 Å². The highest BCUT2D eigenvalue weighted by Crippen LogP contribution is 2.00. The molecule has 0 aromatic rings. The molecule has 0 saturated carbocycles. The minimum atomic E-state index is 1.12. The molecular formula is C9H19N. The zero-order chi connectivity index (χ0) is 7.98. The van der Waals surface area contributed by atoms with E-state index in [0.29, 0.717) is 0 Å². The zero-order valence-electron chi connectivity index (χ0n) is 7.65. The van der Waals surface area contributed by atoms with E-state index in [4.69, 9.17) is 0 Å². The third-order valence-electron chi connectivity index (χ3n) is 1.77. The minimum Gasteiger partial charge on any atom is -0.378 e. The van der Waals surface area contributed by atoms with Crippen LogP contribution < -0.4 is 0 Å². The normalized spacial score (nSPS) is 11.8. The standard InChI is InChI=1S/C9H19N/c1-5-9(4)8-10(6-2)7-3/h8H,5-7H2,1-4H3/b9-8-. The molecule has 0 aromatic carbocycles. The van der Waals surface area contributed by atoms with Gasteiger partial charge in [-0.25, -0.2) is 0 Å². The van der Waals surface area contributed by atoms with Gasteiger partial charge in [0.25, 0.3) is 0 Å². The summed E-state index contributed by atoms with van der Waals surface area (Å²) in [6.07, 6.45) is 3.41. The second-order valence-corrected chi connectivity index (χ2v) is 2.55. The Morgan fingerprint density at radius 2 is 1.70 bits per heavy atom. The summed E-state index contributed by atoms with van der Waals surface area (Å²) in [5.41, 5.74) is 1.46. The molecule has 10 heavy (non-hydrogen) atoms. The van der Waals surface area contributed by atoms with Gasteiger partial charge in [0.1, 0.15) is 0 Å². The fourth-order valence-electron chi connectivity index (χ4n) is 0.809. The largest absolute Gasteiger partial charge is 0.378 e. The minimum absolute atomic E-state index is 1.12. The SMILES string of the molecule is CC/C(C)=C\N(CC)CC. The summed E-state index contributed by atoms with van der Waals surface area (Å²) in [5, 5.41) is 0. The second-order valence-electron chi connectivity index (χ2n) is 2.55. The summed E-state index contributed by atoms with van der Waals surface area (Å²) < 4.78 is 0. The Bertz CT molecular complexity index is 101. The molecule has 0 spiro atoms. The maximum Gasteiger partial charge on any atom is 0.0143 e. The highest BCUT2D eigenvalue weighted by atomic mass is 15.1. The van der Waals surface area contributed by atoms with Gasteiger partial charge in [0.05, 0.1) is 0 Å². The highest BCUT2D eigenvalue weighted by Gasteiger charge is 1.90. The first-order valence-electron chi connectivity index (χ1n) is 4.15. The van der Waals surface area contributed by atoms with E-state index in [0.717, 1.165) is 19.5 Å². The van der Waals surface area contributed by atoms with Crippen LogP contribution >= 0.6 is 0 Å². The molecule has 0 fully saturated rings. The van der Waals surface area contributed by atoms with E-state index in [1.54, 1.807) is 0 Å². The van der Waals surface area contributed by atoms with Crippen molar-refractivity contribution in [2.45, 2.75) is 34.1 Å². The molecule has 0 rings (SSSR count).